The average Bonchev–Trinajstić information content (AvgIpc) is 2.15. The highest BCUT2D eigenvalue weighted by atomic mass is 35.5. The van der Waals surface area contributed by atoms with Crippen molar-refractivity contribution in [3.8, 4) is 0 Å². The van der Waals surface area contributed by atoms with E-state index in [1.165, 1.54) is 16.9 Å². The number of ether oxygens (including phenoxy) is 1. The van der Waals surface area contributed by atoms with Crippen molar-refractivity contribution in [3.05, 3.63) is 27.6 Å². The largest absolute Gasteiger partial charge is 0.375 e. The van der Waals surface area contributed by atoms with Gasteiger partial charge in [0.25, 0.3) is 5.56 Å². The van der Waals surface area contributed by atoms with Crippen LogP contribution in [0.5, 0.6) is 0 Å². The van der Waals surface area contributed by atoms with Crippen LogP contribution in [-0.2, 0) is 4.74 Å². The molecule has 3 atom stereocenters. The van der Waals surface area contributed by atoms with Gasteiger partial charge in [0.2, 0.25) is 0 Å². The molecule has 1 aromatic heterocycles. The zero-order chi connectivity index (χ0) is 11.7. The number of halogens is 1. The van der Waals surface area contributed by atoms with Gasteiger partial charge in [0.15, 0.2) is 0 Å². The second-order valence-electron chi connectivity index (χ2n) is 4.34. The Labute approximate surface area is 99.2 Å². The van der Waals surface area contributed by atoms with E-state index in [0.29, 0.717) is 5.02 Å². The summed E-state index contributed by atoms with van der Waals surface area (Å²) in [5.41, 5.74) is -0.140. The van der Waals surface area contributed by atoms with Gasteiger partial charge in [-0.05, 0) is 26.7 Å². The molecule has 0 aliphatic carbocycles. The fourth-order valence-electron chi connectivity index (χ4n) is 2.24. The van der Waals surface area contributed by atoms with Crippen LogP contribution in [0.3, 0.4) is 0 Å². The molecule has 0 bridgehead atoms. The maximum atomic E-state index is 11.7. The smallest absolute Gasteiger partial charge is 0.268 e. The zero-order valence-electron chi connectivity index (χ0n) is 9.39. The minimum absolute atomic E-state index is 0.114. The Balaban J connectivity index is 2.26. The summed E-state index contributed by atoms with van der Waals surface area (Å²) in [5, 5.41) is 4.47. The number of hydrogen-bond donors (Lipinski definition) is 0. The van der Waals surface area contributed by atoms with Gasteiger partial charge in [0.1, 0.15) is 0 Å². The average molecular weight is 243 g/mol. The Bertz CT molecular complexity index is 422. The van der Waals surface area contributed by atoms with Crippen LogP contribution in [0.4, 0.5) is 0 Å². The molecular formula is C11H15ClN2O2. The third-order valence-electron chi connectivity index (χ3n) is 2.81. The fraction of sp³-hybridized carbons (Fsp3) is 0.636. The van der Waals surface area contributed by atoms with E-state index in [-0.39, 0.29) is 23.8 Å². The zero-order valence-corrected chi connectivity index (χ0v) is 10.1. The minimum Gasteiger partial charge on any atom is -0.375 e. The highest BCUT2D eigenvalue weighted by Crippen LogP contribution is 2.27. The first-order valence-corrected chi connectivity index (χ1v) is 5.84. The van der Waals surface area contributed by atoms with Crippen molar-refractivity contribution in [1.82, 2.24) is 9.78 Å². The van der Waals surface area contributed by atoms with Crippen LogP contribution in [0.2, 0.25) is 5.02 Å². The van der Waals surface area contributed by atoms with E-state index in [2.05, 4.69) is 5.10 Å². The molecule has 88 valence electrons. The predicted molar refractivity (Wildman–Crippen MR) is 61.8 cm³/mol. The Hall–Kier alpha value is -0.870. The highest BCUT2D eigenvalue weighted by Gasteiger charge is 2.26. The molecule has 4 nitrogen and oxygen atoms in total. The van der Waals surface area contributed by atoms with Gasteiger partial charge >= 0.3 is 0 Å². The second kappa shape index (κ2) is 4.55. The van der Waals surface area contributed by atoms with Crippen LogP contribution in [0.15, 0.2) is 17.1 Å². The molecule has 5 heteroatoms. The van der Waals surface area contributed by atoms with Crippen molar-refractivity contribution in [2.24, 2.45) is 0 Å². The maximum Gasteiger partial charge on any atom is 0.268 e. The predicted octanol–water partition coefficient (Wildman–Crippen LogP) is 2.03. The van der Waals surface area contributed by atoms with E-state index in [4.69, 9.17) is 16.3 Å². The van der Waals surface area contributed by atoms with Crippen LogP contribution < -0.4 is 5.56 Å². The summed E-state index contributed by atoms with van der Waals surface area (Å²) in [6, 6.07) is 1.52. The monoisotopic (exact) mass is 242 g/mol. The van der Waals surface area contributed by atoms with Gasteiger partial charge in [-0.1, -0.05) is 11.6 Å². The van der Waals surface area contributed by atoms with Gasteiger partial charge in [0.05, 0.1) is 29.5 Å². The lowest BCUT2D eigenvalue weighted by Crippen LogP contribution is -2.36. The molecule has 2 rings (SSSR count). The van der Waals surface area contributed by atoms with Crippen LogP contribution >= 0.6 is 11.6 Å². The molecule has 1 aliphatic heterocycles. The summed E-state index contributed by atoms with van der Waals surface area (Å²) in [6.07, 6.45) is 3.47. The fourth-order valence-corrected chi connectivity index (χ4v) is 2.38. The van der Waals surface area contributed by atoms with E-state index < -0.39 is 0 Å². The first-order valence-electron chi connectivity index (χ1n) is 5.46. The number of nitrogens with zero attached hydrogens (tertiary/aromatic N) is 2. The SMILES string of the molecule is C[C@@H]1CC(n2ncc(Cl)cc2=O)C[C@H](C)O1. The van der Waals surface area contributed by atoms with Gasteiger partial charge in [-0.2, -0.15) is 5.10 Å². The Morgan fingerprint density at radius 1 is 1.44 bits per heavy atom. The van der Waals surface area contributed by atoms with Gasteiger partial charge in [-0.15, -0.1) is 0 Å². The van der Waals surface area contributed by atoms with Gasteiger partial charge in [0, 0.05) is 6.07 Å². The lowest BCUT2D eigenvalue weighted by atomic mass is 10.00. The van der Waals surface area contributed by atoms with E-state index in [1.54, 1.807) is 0 Å². The van der Waals surface area contributed by atoms with Crippen molar-refractivity contribution >= 4 is 11.6 Å². The van der Waals surface area contributed by atoms with E-state index >= 15 is 0 Å². The summed E-state index contributed by atoms with van der Waals surface area (Å²) >= 11 is 5.71. The Morgan fingerprint density at radius 3 is 2.62 bits per heavy atom. The molecule has 16 heavy (non-hydrogen) atoms. The van der Waals surface area contributed by atoms with Gasteiger partial charge < -0.3 is 4.74 Å². The van der Waals surface area contributed by atoms with Crippen LogP contribution in [0.1, 0.15) is 32.7 Å². The van der Waals surface area contributed by atoms with Crippen molar-refractivity contribution < 1.29 is 4.74 Å². The van der Waals surface area contributed by atoms with Crippen molar-refractivity contribution in [2.75, 3.05) is 0 Å². The lowest BCUT2D eigenvalue weighted by Gasteiger charge is -2.32. The second-order valence-corrected chi connectivity index (χ2v) is 4.78. The van der Waals surface area contributed by atoms with Crippen LogP contribution in [0.25, 0.3) is 0 Å². The standard InChI is InChI=1S/C11H15ClN2O2/c1-7-3-10(4-8(2)16-7)14-11(15)5-9(12)6-13-14/h5-8,10H,3-4H2,1-2H3/t7-,8+,10?. The quantitative estimate of drug-likeness (QED) is 0.757. The number of hydrogen-bond acceptors (Lipinski definition) is 3. The van der Waals surface area contributed by atoms with E-state index in [1.807, 2.05) is 13.8 Å². The molecule has 1 fully saturated rings. The van der Waals surface area contributed by atoms with Gasteiger partial charge in [-0.3, -0.25) is 4.79 Å². The first kappa shape index (κ1) is 11.6. The molecule has 1 aliphatic rings. The maximum absolute atomic E-state index is 11.7. The van der Waals surface area contributed by atoms with Crippen molar-refractivity contribution in [1.29, 1.82) is 0 Å². The summed E-state index contributed by atoms with van der Waals surface area (Å²) in [4.78, 5) is 11.7. The number of rotatable bonds is 1. The number of aromatic nitrogens is 2. The van der Waals surface area contributed by atoms with Crippen molar-refractivity contribution in [3.63, 3.8) is 0 Å². The Kier molecular flexibility index (Phi) is 3.30. The molecule has 0 radical (unpaired) electrons. The van der Waals surface area contributed by atoms with E-state index in [0.717, 1.165) is 12.8 Å². The molecule has 1 saturated heterocycles. The Morgan fingerprint density at radius 2 is 2.06 bits per heavy atom. The molecule has 0 amide bonds. The van der Waals surface area contributed by atoms with Crippen LogP contribution in [-0.4, -0.2) is 22.0 Å². The molecule has 1 aromatic rings. The molecule has 0 spiro atoms. The third-order valence-corrected chi connectivity index (χ3v) is 3.02. The molecule has 2 heterocycles. The summed E-state index contributed by atoms with van der Waals surface area (Å²) in [6.45, 7) is 4.03. The summed E-state index contributed by atoms with van der Waals surface area (Å²) < 4.78 is 7.15. The summed E-state index contributed by atoms with van der Waals surface area (Å²) in [7, 11) is 0. The van der Waals surface area contributed by atoms with Gasteiger partial charge in [-0.25, -0.2) is 4.68 Å². The minimum atomic E-state index is -0.140. The first-order chi connectivity index (χ1) is 7.56. The topological polar surface area (TPSA) is 44.1 Å². The molecule has 0 aromatic carbocycles. The van der Waals surface area contributed by atoms with Crippen molar-refractivity contribution in [2.45, 2.75) is 44.9 Å². The normalized spacial score (nSPS) is 30.3. The molecule has 0 N–H and O–H groups in total. The van der Waals surface area contributed by atoms with Crippen LogP contribution in [0, 0.1) is 0 Å². The third kappa shape index (κ3) is 2.44. The molecule has 0 saturated carbocycles. The highest BCUT2D eigenvalue weighted by molar-refractivity contribution is 6.30. The molecular weight excluding hydrogens is 228 g/mol. The van der Waals surface area contributed by atoms with E-state index in [9.17, 15) is 4.79 Å². The summed E-state index contributed by atoms with van der Waals surface area (Å²) in [5.74, 6) is 0. The molecule has 1 unspecified atom stereocenters. The lowest BCUT2D eigenvalue weighted by molar-refractivity contribution is -0.0514.